The van der Waals surface area contributed by atoms with Crippen LogP contribution >= 0.6 is 24.3 Å². The number of nitrogens with zero attached hydrogens (tertiary/aromatic N) is 4. The molecule has 0 radical (unpaired) electrons. The molecule has 0 amide bonds. The van der Waals surface area contributed by atoms with Gasteiger partial charge in [-0.25, -0.2) is 0 Å². The van der Waals surface area contributed by atoms with Crippen molar-refractivity contribution in [2.75, 3.05) is 88.3 Å². The van der Waals surface area contributed by atoms with Crippen molar-refractivity contribution in [2.24, 2.45) is 0 Å². The number of hydrogen-bond donors (Lipinski definition) is 0. The van der Waals surface area contributed by atoms with Crippen LogP contribution in [-0.4, -0.2) is 82.6 Å². The molecule has 8 nitrogen and oxygen atoms in total. The number of hydrogen-bond acceptors (Lipinski definition) is 8. The lowest BCUT2D eigenvalue weighted by atomic mass is 9.88. The van der Waals surface area contributed by atoms with Crippen LogP contribution in [0.25, 0.3) is 32.7 Å². The summed E-state index contributed by atoms with van der Waals surface area (Å²) in [7, 11) is 17.0. The third-order valence-electron chi connectivity index (χ3n) is 13.4. The number of rotatable bonds is 14. The number of fused-ring (bicyclic) bond motifs is 7. The van der Waals surface area contributed by atoms with Crippen LogP contribution in [0.15, 0.2) is 158 Å². The molecule has 12 heteroatoms. The third kappa shape index (κ3) is 9.16. The molecule has 0 aliphatic carbocycles. The van der Waals surface area contributed by atoms with E-state index in [4.69, 9.17) is 17.6 Å². The zero-order valence-electron chi connectivity index (χ0n) is 40.1. The second kappa shape index (κ2) is 19.4. The lowest BCUT2D eigenvalue weighted by molar-refractivity contribution is 0.452. The fourth-order valence-electron chi connectivity index (χ4n) is 9.46. The molecular weight excluding hydrogens is 917 g/mol. The Morgan fingerprint density at radius 3 is 0.985 bits per heavy atom. The van der Waals surface area contributed by atoms with Gasteiger partial charge in [0.25, 0.3) is 0 Å². The highest BCUT2D eigenvalue weighted by Gasteiger charge is 2.40. The summed E-state index contributed by atoms with van der Waals surface area (Å²) in [5.74, 6) is 1.34. The van der Waals surface area contributed by atoms with Crippen molar-refractivity contribution in [3.8, 4) is 22.6 Å². The summed E-state index contributed by atoms with van der Waals surface area (Å²) in [4.78, 5) is 8.21. The van der Waals surface area contributed by atoms with Crippen LogP contribution in [0, 0.1) is 0 Å². The van der Waals surface area contributed by atoms with Gasteiger partial charge in [0, 0.05) is 124 Å². The minimum atomic E-state index is -3.19. The van der Waals surface area contributed by atoms with E-state index in [1.54, 1.807) is 0 Å². The van der Waals surface area contributed by atoms with E-state index in [0.29, 0.717) is 36.7 Å². The third-order valence-corrected chi connectivity index (χ3v) is 21.0. The summed E-state index contributed by atoms with van der Waals surface area (Å²) >= 11 is -2.95. The van der Waals surface area contributed by atoms with Crippen molar-refractivity contribution in [2.45, 2.75) is 12.8 Å². The van der Waals surface area contributed by atoms with E-state index in [1.165, 1.54) is 0 Å². The molecule has 0 N–H and O–H groups in total. The predicted octanol–water partition coefficient (Wildman–Crippen LogP) is 11.0. The lowest BCUT2D eigenvalue weighted by Crippen LogP contribution is -2.24. The van der Waals surface area contributed by atoms with Gasteiger partial charge in [0.15, 0.2) is 0 Å². The Bertz CT molecular complexity index is 2890. The SMILES string of the molecule is CN(C)c1ccc(P(=O)(CCc2cc3ccccc3c3c2[O][Al]([Cl])[O]c2c(CCP(=O)(c4ccc(N(C)C)cc4)c4ccc(N(C)C)cc4)cc4ccccc4c2-3)c2ccc(N(C)C)cc2)cc1. The Labute approximate surface area is 410 Å². The maximum absolute atomic E-state index is 15.8. The maximum atomic E-state index is 15.8. The molecule has 0 fully saturated rings. The first-order valence-corrected chi connectivity index (χ1v) is 29.5. The first-order valence-electron chi connectivity index (χ1n) is 23.0. The molecule has 8 aromatic carbocycles. The van der Waals surface area contributed by atoms with Crippen LogP contribution in [-0.2, 0) is 22.0 Å². The van der Waals surface area contributed by atoms with E-state index >= 15 is 9.13 Å². The van der Waals surface area contributed by atoms with E-state index in [-0.39, 0.29) is 0 Å². The molecule has 68 heavy (non-hydrogen) atoms. The summed E-state index contributed by atoms with van der Waals surface area (Å²) in [6.07, 6.45) is 1.66. The van der Waals surface area contributed by atoms with Crippen LogP contribution in [0.4, 0.5) is 22.7 Å². The van der Waals surface area contributed by atoms with Gasteiger partial charge < -0.3 is 36.3 Å². The van der Waals surface area contributed by atoms with Gasteiger partial charge in [-0.1, -0.05) is 48.5 Å². The molecule has 9 rings (SSSR count). The van der Waals surface area contributed by atoms with E-state index in [1.807, 2.05) is 153 Å². The first kappa shape index (κ1) is 47.4. The molecule has 346 valence electrons. The van der Waals surface area contributed by atoms with Crippen molar-refractivity contribution in [3.63, 3.8) is 0 Å². The maximum Gasteiger partial charge on any atom is 0.999 e. The summed E-state index contributed by atoms with van der Waals surface area (Å²) in [6, 6.07) is 53.6. The molecule has 8 aromatic rings. The predicted molar refractivity (Wildman–Crippen MR) is 294 cm³/mol. The molecule has 0 unspecified atom stereocenters. The molecule has 0 atom stereocenters. The largest absolute Gasteiger partial charge is 0.999 e. The van der Waals surface area contributed by atoms with E-state index < -0.39 is 28.2 Å². The van der Waals surface area contributed by atoms with Crippen LogP contribution in [0.5, 0.6) is 11.5 Å². The monoisotopic (exact) mass is 974 g/mol. The molecule has 1 aliphatic rings. The van der Waals surface area contributed by atoms with Gasteiger partial charge >= 0.3 is 13.9 Å². The topological polar surface area (TPSA) is 65.6 Å². The van der Waals surface area contributed by atoms with Crippen LogP contribution < -0.4 is 48.4 Å². The molecule has 0 spiro atoms. The minimum Gasteiger partial charge on any atom is -0.599 e. The zero-order valence-corrected chi connectivity index (χ0v) is 43.8. The van der Waals surface area contributed by atoms with Gasteiger partial charge in [0.1, 0.15) is 14.3 Å². The fourth-order valence-corrected chi connectivity index (χ4v) is 16.2. The van der Waals surface area contributed by atoms with Gasteiger partial charge in [-0.15, -0.1) is 0 Å². The molecule has 0 aromatic heterocycles. The highest BCUT2D eigenvalue weighted by Crippen LogP contribution is 2.53. The average Bonchev–Trinajstić information content (AvgIpc) is 3.51. The Morgan fingerprint density at radius 1 is 0.426 bits per heavy atom. The van der Waals surface area contributed by atoms with E-state index in [2.05, 4.69) is 80.3 Å². The minimum absolute atomic E-state index is 0.368. The van der Waals surface area contributed by atoms with Crippen LogP contribution in [0.2, 0.25) is 0 Å². The van der Waals surface area contributed by atoms with Crippen molar-refractivity contribution >= 4 is 104 Å². The zero-order chi connectivity index (χ0) is 47.9. The molecule has 1 aliphatic heterocycles. The summed E-state index contributed by atoms with van der Waals surface area (Å²) in [5.41, 5.74) is 7.82. The number of anilines is 4. The quantitative estimate of drug-likeness (QED) is 0.0789. The fraction of sp³-hybridized carbons (Fsp3) is 0.214. The molecular formula is C56H58AlClN4O4P2. The van der Waals surface area contributed by atoms with Crippen molar-refractivity contribution in [1.82, 2.24) is 0 Å². The van der Waals surface area contributed by atoms with Gasteiger partial charge in [-0.3, -0.25) is 0 Å². The molecule has 0 saturated heterocycles. The number of aryl methyl sites for hydroxylation is 2. The second-order valence-corrected chi connectivity index (χ2v) is 26.5. The standard InChI is InChI=1S/C56H60N4O4P2.Al.ClH/c1-57(2)43-17-25-47(26-18-43)65(63,48-27-19-44(20-28-48)58(3)4)35-33-41-37-39-13-9-11-15-51(39)53(55(41)61)54-52-16-12-10-14-40(52)38-42(56(54)62)34-36-66(64,49-29-21-45(22-30-49)59(5)6)50-31-23-46(24-32-50)60(7)8;;/h9-32,37-38,61-62H,33-36H2,1-8H3;;1H/q;+3;/p-3. The first-order chi connectivity index (χ1) is 32.6. The number of halogens is 1. The van der Waals surface area contributed by atoms with Gasteiger partial charge in [0.2, 0.25) is 0 Å². The van der Waals surface area contributed by atoms with Gasteiger partial charge in [-0.2, -0.15) is 10.0 Å². The average molecular weight is 975 g/mol. The molecule has 0 bridgehead atoms. The van der Waals surface area contributed by atoms with Crippen molar-refractivity contribution < 1.29 is 16.7 Å². The molecule has 1 heterocycles. The Balaban J connectivity index is 1.18. The van der Waals surface area contributed by atoms with Crippen LogP contribution in [0.1, 0.15) is 11.1 Å². The Hall–Kier alpha value is -5.64. The molecule has 0 saturated carbocycles. The Kier molecular flexibility index (Phi) is 13.5. The normalized spacial score (nSPS) is 12.5. The highest BCUT2D eigenvalue weighted by molar-refractivity contribution is 7.79. The van der Waals surface area contributed by atoms with Gasteiger partial charge in [0.05, 0.1) is 11.5 Å². The summed E-state index contributed by atoms with van der Waals surface area (Å²) in [5, 5.41) is 7.31. The Morgan fingerprint density at radius 2 is 0.706 bits per heavy atom. The lowest BCUT2D eigenvalue weighted by Gasteiger charge is -2.24. The van der Waals surface area contributed by atoms with E-state index in [9.17, 15) is 0 Å². The van der Waals surface area contributed by atoms with Crippen molar-refractivity contribution in [3.05, 3.63) is 169 Å². The smallest absolute Gasteiger partial charge is 0.599 e. The van der Waals surface area contributed by atoms with E-state index in [0.717, 1.165) is 87.8 Å². The number of benzene rings is 8. The van der Waals surface area contributed by atoms with Crippen LogP contribution in [0.3, 0.4) is 0 Å². The summed E-state index contributed by atoms with van der Waals surface area (Å²) < 4.78 is 45.5. The van der Waals surface area contributed by atoms with Crippen molar-refractivity contribution in [1.29, 1.82) is 0 Å². The van der Waals surface area contributed by atoms with Gasteiger partial charge in [-0.05, 0) is 155 Å². The summed E-state index contributed by atoms with van der Waals surface area (Å²) in [6.45, 7) is 0. The second-order valence-electron chi connectivity index (χ2n) is 18.5. The highest BCUT2D eigenvalue weighted by atomic mass is 35.6.